The van der Waals surface area contributed by atoms with Crippen molar-refractivity contribution >= 4 is 26.7 Å². The fourth-order valence-corrected chi connectivity index (χ4v) is 5.84. The first-order valence-corrected chi connectivity index (χ1v) is 12.1. The standard InChI is InChI=1S/C24H24N2O5S/c1-25(22-16-30-23-18-9-3-2-8-17(18)12-13-20(23)31-22)14-6-7-15-26-24(27)19-10-4-5-11-21(19)32(26,28)29/h2-5,8-13,22H,6-7,14-16H2,1H3. The van der Waals surface area contributed by atoms with Crippen LogP contribution in [-0.4, -0.2) is 56.5 Å². The van der Waals surface area contributed by atoms with Gasteiger partial charge in [-0.1, -0.05) is 42.5 Å². The molecule has 3 aromatic carbocycles. The SMILES string of the molecule is CN(CCCCN1C(=O)c2ccccc2S1(=O)=O)C1COc2c(ccc3ccccc23)O1. The van der Waals surface area contributed by atoms with E-state index in [0.717, 1.165) is 33.0 Å². The monoisotopic (exact) mass is 452 g/mol. The van der Waals surface area contributed by atoms with Crippen LogP contribution in [0.15, 0.2) is 65.6 Å². The molecule has 32 heavy (non-hydrogen) atoms. The molecule has 1 unspecified atom stereocenters. The minimum absolute atomic E-state index is 0.0982. The fraction of sp³-hybridized carbons (Fsp3) is 0.292. The number of ether oxygens (including phenoxy) is 2. The molecular weight excluding hydrogens is 428 g/mol. The first-order valence-electron chi connectivity index (χ1n) is 10.6. The van der Waals surface area contributed by atoms with Gasteiger partial charge in [0.1, 0.15) is 11.5 Å². The lowest BCUT2D eigenvalue weighted by molar-refractivity contribution is -0.0150. The summed E-state index contributed by atoms with van der Waals surface area (Å²) in [6.45, 7) is 1.26. The number of likely N-dealkylation sites (N-methyl/N-ethyl adjacent to an activating group) is 1. The van der Waals surface area contributed by atoms with E-state index in [2.05, 4.69) is 0 Å². The highest BCUT2D eigenvalue weighted by Gasteiger charge is 2.40. The smallest absolute Gasteiger partial charge is 0.269 e. The molecule has 7 nitrogen and oxygen atoms in total. The molecule has 0 spiro atoms. The highest BCUT2D eigenvalue weighted by Crippen LogP contribution is 2.39. The van der Waals surface area contributed by atoms with Crippen molar-refractivity contribution in [3.63, 3.8) is 0 Å². The minimum Gasteiger partial charge on any atom is -0.484 e. The number of carbonyl (C=O) groups excluding carboxylic acids is 1. The first kappa shape index (κ1) is 20.8. The molecule has 2 aliphatic heterocycles. The van der Waals surface area contributed by atoms with Crippen LogP contribution in [-0.2, 0) is 10.0 Å². The van der Waals surface area contributed by atoms with Crippen LogP contribution in [0.3, 0.4) is 0 Å². The summed E-state index contributed by atoms with van der Waals surface area (Å²) >= 11 is 0. The van der Waals surface area contributed by atoms with Crippen molar-refractivity contribution in [1.82, 2.24) is 9.21 Å². The molecule has 2 heterocycles. The van der Waals surface area contributed by atoms with Crippen molar-refractivity contribution in [2.45, 2.75) is 24.0 Å². The van der Waals surface area contributed by atoms with Gasteiger partial charge in [0, 0.05) is 18.5 Å². The lowest BCUT2D eigenvalue weighted by Crippen LogP contribution is -2.43. The Morgan fingerprint density at radius 1 is 1.03 bits per heavy atom. The fourth-order valence-electron chi connectivity index (χ4n) is 4.23. The van der Waals surface area contributed by atoms with Gasteiger partial charge in [-0.2, -0.15) is 0 Å². The number of fused-ring (bicyclic) bond motifs is 4. The number of carbonyl (C=O) groups is 1. The van der Waals surface area contributed by atoms with Gasteiger partial charge in [0.15, 0.2) is 17.7 Å². The van der Waals surface area contributed by atoms with E-state index in [1.807, 2.05) is 48.3 Å². The average Bonchev–Trinajstić information content (AvgIpc) is 3.01. The third-order valence-electron chi connectivity index (χ3n) is 6.00. The Labute approximate surface area is 187 Å². The second-order valence-corrected chi connectivity index (χ2v) is 9.89. The number of unbranched alkanes of at least 4 members (excludes halogenated alkanes) is 1. The highest BCUT2D eigenvalue weighted by atomic mass is 32.2. The van der Waals surface area contributed by atoms with E-state index in [0.29, 0.717) is 19.6 Å². The minimum atomic E-state index is -3.74. The Morgan fingerprint density at radius 2 is 1.81 bits per heavy atom. The van der Waals surface area contributed by atoms with Crippen LogP contribution in [0.1, 0.15) is 23.2 Å². The maximum Gasteiger partial charge on any atom is 0.269 e. The zero-order valence-corrected chi connectivity index (χ0v) is 18.5. The van der Waals surface area contributed by atoms with Crippen molar-refractivity contribution in [1.29, 1.82) is 0 Å². The number of hydrogen-bond donors (Lipinski definition) is 0. The average molecular weight is 453 g/mol. The Balaban J connectivity index is 1.17. The van der Waals surface area contributed by atoms with Crippen molar-refractivity contribution in [2.24, 2.45) is 0 Å². The maximum atomic E-state index is 12.6. The molecule has 0 aliphatic carbocycles. The Morgan fingerprint density at radius 3 is 2.66 bits per heavy atom. The molecule has 5 rings (SSSR count). The number of amides is 1. The molecular formula is C24H24N2O5S. The Bertz CT molecular complexity index is 1290. The van der Waals surface area contributed by atoms with Gasteiger partial charge in [-0.3, -0.25) is 9.69 Å². The van der Waals surface area contributed by atoms with Crippen molar-refractivity contribution < 1.29 is 22.7 Å². The second-order valence-electron chi connectivity index (χ2n) is 8.06. The summed E-state index contributed by atoms with van der Waals surface area (Å²) in [6.07, 6.45) is 1.05. The number of nitrogens with zero attached hydrogens (tertiary/aromatic N) is 2. The molecule has 1 atom stereocenters. The molecule has 3 aromatic rings. The molecule has 0 N–H and O–H groups in total. The van der Waals surface area contributed by atoms with Crippen molar-refractivity contribution in [3.05, 3.63) is 66.2 Å². The van der Waals surface area contributed by atoms with Crippen molar-refractivity contribution in [3.8, 4) is 11.5 Å². The number of benzene rings is 3. The number of hydrogen-bond acceptors (Lipinski definition) is 6. The zero-order valence-electron chi connectivity index (χ0n) is 17.7. The molecule has 2 aliphatic rings. The normalized spacial score (nSPS) is 18.9. The van der Waals surface area contributed by atoms with Crippen LogP contribution in [0.5, 0.6) is 11.5 Å². The van der Waals surface area contributed by atoms with E-state index in [9.17, 15) is 13.2 Å². The van der Waals surface area contributed by atoms with Gasteiger partial charge in [-0.05, 0) is 43.5 Å². The summed E-state index contributed by atoms with van der Waals surface area (Å²) in [5, 5.41) is 2.14. The van der Waals surface area contributed by atoms with Gasteiger partial charge in [-0.15, -0.1) is 0 Å². The zero-order chi connectivity index (χ0) is 22.3. The summed E-state index contributed by atoms with van der Waals surface area (Å²) in [5.41, 5.74) is 0.253. The summed E-state index contributed by atoms with van der Waals surface area (Å²) in [5.74, 6) is 1.05. The predicted molar refractivity (Wildman–Crippen MR) is 120 cm³/mol. The van der Waals surface area contributed by atoms with E-state index >= 15 is 0 Å². The van der Waals surface area contributed by atoms with Gasteiger partial charge >= 0.3 is 0 Å². The summed E-state index contributed by atoms with van der Waals surface area (Å²) < 4.78 is 38.5. The number of sulfonamides is 1. The topological polar surface area (TPSA) is 76.2 Å². The lowest BCUT2D eigenvalue weighted by atomic mass is 10.1. The van der Waals surface area contributed by atoms with Crippen molar-refractivity contribution in [2.75, 3.05) is 26.7 Å². The van der Waals surface area contributed by atoms with Gasteiger partial charge < -0.3 is 9.47 Å². The first-order chi connectivity index (χ1) is 15.5. The van der Waals surface area contributed by atoms with Gasteiger partial charge in [0.05, 0.1) is 5.56 Å². The summed E-state index contributed by atoms with van der Waals surface area (Å²) in [7, 11) is -1.79. The van der Waals surface area contributed by atoms with Crippen LogP contribution < -0.4 is 9.47 Å². The van der Waals surface area contributed by atoms with Crippen LogP contribution in [0.4, 0.5) is 0 Å². The molecule has 0 saturated carbocycles. The van der Waals surface area contributed by atoms with Crippen LogP contribution in [0.25, 0.3) is 10.8 Å². The summed E-state index contributed by atoms with van der Waals surface area (Å²) in [6, 6.07) is 18.3. The lowest BCUT2D eigenvalue weighted by Gasteiger charge is -2.33. The van der Waals surface area contributed by atoms with E-state index in [1.165, 1.54) is 6.07 Å². The molecule has 0 fully saturated rings. The van der Waals surface area contributed by atoms with Crippen LogP contribution in [0, 0.1) is 0 Å². The Hall–Kier alpha value is -3.10. The molecule has 0 saturated heterocycles. The molecule has 0 radical (unpaired) electrons. The molecule has 0 bridgehead atoms. The van der Waals surface area contributed by atoms with Crippen LogP contribution >= 0.6 is 0 Å². The molecule has 0 aromatic heterocycles. The molecule has 1 amide bonds. The third-order valence-corrected chi connectivity index (χ3v) is 7.84. The van der Waals surface area contributed by atoms with Gasteiger partial charge in [0.2, 0.25) is 0 Å². The molecule has 8 heteroatoms. The largest absolute Gasteiger partial charge is 0.484 e. The van der Waals surface area contributed by atoms with Gasteiger partial charge in [0.25, 0.3) is 15.9 Å². The second kappa shape index (κ2) is 8.11. The quantitative estimate of drug-likeness (QED) is 0.533. The maximum absolute atomic E-state index is 12.6. The molecule has 166 valence electrons. The van der Waals surface area contributed by atoms with E-state index in [4.69, 9.17) is 9.47 Å². The van der Waals surface area contributed by atoms with E-state index in [1.54, 1.807) is 18.2 Å². The predicted octanol–water partition coefficient (Wildman–Crippen LogP) is 3.49. The summed E-state index contributed by atoms with van der Waals surface area (Å²) in [4.78, 5) is 14.6. The third kappa shape index (κ3) is 3.49. The Kier molecular flexibility index (Phi) is 5.27. The highest BCUT2D eigenvalue weighted by molar-refractivity contribution is 7.90. The van der Waals surface area contributed by atoms with E-state index < -0.39 is 15.9 Å². The van der Waals surface area contributed by atoms with Gasteiger partial charge in [-0.25, -0.2) is 12.7 Å². The van der Waals surface area contributed by atoms with E-state index in [-0.39, 0.29) is 23.2 Å². The number of rotatable bonds is 6. The van der Waals surface area contributed by atoms with Crippen LogP contribution in [0.2, 0.25) is 0 Å².